The van der Waals surface area contributed by atoms with Crippen LogP contribution in [0.1, 0.15) is 42.9 Å². The van der Waals surface area contributed by atoms with E-state index < -0.39 is 36.0 Å². The molecule has 0 spiro atoms. The molecule has 0 aliphatic heterocycles. The Kier molecular flexibility index (Phi) is 4.52. The van der Waals surface area contributed by atoms with Crippen molar-refractivity contribution >= 4 is 5.91 Å². The number of aromatic nitrogens is 1. The van der Waals surface area contributed by atoms with E-state index in [4.69, 9.17) is 0 Å². The summed E-state index contributed by atoms with van der Waals surface area (Å²) in [7, 11) is 0. The van der Waals surface area contributed by atoms with Gasteiger partial charge < -0.3 is 15.5 Å². The Hall–Kier alpha value is -1.67. The maximum Gasteiger partial charge on any atom is 0.433 e. The maximum absolute atomic E-state index is 12.6. The number of halogens is 3. The lowest BCUT2D eigenvalue weighted by atomic mass is 9.84. The molecular formula is C16H19F3N2O3. The van der Waals surface area contributed by atoms with Crippen LogP contribution < -0.4 is 5.32 Å². The highest BCUT2D eigenvalue weighted by Gasteiger charge is 2.44. The second-order valence-corrected chi connectivity index (χ2v) is 6.54. The number of nitrogens with zero attached hydrogens (tertiary/aromatic N) is 1. The van der Waals surface area contributed by atoms with Crippen molar-refractivity contribution in [1.82, 2.24) is 10.3 Å². The molecule has 1 amide bonds. The second kappa shape index (κ2) is 6.33. The Morgan fingerprint density at radius 3 is 2.46 bits per heavy atom. The van der Waals surface area contributed by atoms with Crippen molar-refractivity contribution < 1.29 is 28.2 Å². The third-order valence-electron chi connectivity index (χ3n) is 4.98. The standard InChI is InChI=1S/C16H19F3N2O3/c17-16(18,19)12-5-4-9(7-20-12)10-6-11(22)14(23)13(10)21-15(24)8-2-1-3-8/h4-5,7-8,10-11,13-14,22-23H,1-3,6H2,(H,21,24). The molecule has 0 radical (unpaired) electrons. The average molecular weight is 344 g/mol. The lowest BCUT2D eigenvalue weighted by molar-refractivity contribution is -0.141. The highest BCUT2D eigenvalue weighted by Crippen LogP contribution is 2.37. The first-order valence-corrected chi connectivity index (χ1v) is 7.97. The number of aliphatic hydroxyl groups excluding tert-OH is 2. The Bertz CT molecular complexity index is 602. The van der Waals surface area contributed by atoms with Gasteiger partial charge in [-0.3, -0.25) is 9.78 Å². The fraction of sp³-hybridized carbons (Fsp3) is 0.625. The number of amides is 1. The van der Waals surface area contributed by atoms with Gasteiger partial charge in [-0.15, -0.1) is 0 Å². The summed E-state index contributed by atoms with van der Waals surface area (Å²) >= 11 is 0. The smallest absolute Gasteiger partial charge is 0.390 e. The van der Waals surface area contributed by atoms with Gasteiger partial charge in [0.1, 0.15) is 11.8 Å². The fourth-order valence-corrected chi connectivity index (χ4v) is 3.30. The summed E-state index contributed by atoms with van der Waals surface area (Å²) in [4.78, 5) is 15.5. The van der Waals surface area contributed by atoms with Crippen LogP contribution in [-0.2, 0) is 11.0 Å². The SMILES string of the molecule is O=C(NC1C(c2ccc(C(F)(F)F)nc2)CC(O)C1O)C1CCC1. The van der Waals surface area contributed by atoms with E-state index >= 15 is 0 Å². The summed E-state index contributed by atoms with van der Waals surface area (Å²) in [5.74, 6) is -0.737. The van der Waals surface area contributed by atoms with Crippen LogP contribution in [0.2, 0.25) is 0 Å². The minimum Gasteiger partial charge on any atom is -0.390 e. The molecule has 0 aromatic carbocycles. The lowest BCUT2D eigenvalue weighted by Crippen LogP contribution is -2.48. The third-order valence-corrected chi connectivity index (χ3v) is 4.98. The number of nitrogens with one attached hydrogen (secondary N) is 1. The van der Waals surface area contributed by atoms with E-state index in [1.807, 2.05) is 0 Å². The Balaban J connectivity index is 1.77. The molecule has 2 fully saturated rings. The summed E-state index contributed by atoms with van der Waals surface area (Å²) in [6.45, 7) is 0. The van der Waals surface area contributed by atoms with E-state index in [1.54, 1.807) is 0 Å². The quantitative estimate of drug-likeness (QED) is 0.778. The van der Waals surface area contributed by atoms with Crippen LogP contribution in [0.3, 0.4) is 0 Å². The number of aliphatic hydroxyl groups is 2. The molecule has 4 atom stereocenters. The Morgan fingerprint density at radius 2 is 1.96 bits per heavy atom. The van der Waals surface area contributed by atoms with Crippen molar-refractivity contribution in [3.63, 3.8) is 0 Å². The molecule has 0 saturated heterocycles. The molecule has 4 unspecified atom stereocenters. The predicted octanol–water partition coefficient (Wildman–Crippen LogP) is 1.59. The molecule has 2 aliphatic carbocycles. The van der Waals surface area contributed by atoms with Crippen molar-refractivity contribution in [3.05, 3.63) is 29.6 Å². The maximum atomic E-state index is 12.6. The van der Waals surface area contributed by atoms with Crippen molar-refractivity contribution in [3.8, 4) is 0 Å². The van der Waals surface area contributed by atoms with Gasteiger partial charge in [0.25, 0.3) is 0 Å². The van der Waals surface area contributed by atoms with Gasteiger partial charge in [0, 0.05) is 18.0 Å². The number of pyridine rings is 1. The zero-order valence-corrected chi connectivity index (χ0v) is 12.8. The van der Waals surface area contributed by atoms with Gasteiger partial charge in [0.05, 0.1) is 12.1 Å². The normalized spacial score (nSPS) is 30.9. The number of alkyl halides is 3. The van der Waals surface area contributed by atoms with Gasteiger partial charge in [0.2, 0.25) is 5.91 Å². The van der Waals surface area contributed by atoms with Gasteiger partial charge in [-0.1, -0.05) is 12.5 Å². The molecule has 3 N–H and O–H groups in total. The monoisotopic (exact) mass is 344 g/mol. The van der Waals surface area contributed by atoms with E-state index in [0.717, 1.165) is 31.5 Å². The Morgan fingerprint density at radius 1 is 1.25 bits per heavy atom. The Labute approximate surface area is 136 Å². The number of rotatable bonds is 3. The van der Waals surface area contributed by atoms with Crippen LogP contribution in [-0.4, -0.2) is 39.4 Å². The molecule has 1 heterocycles. The van der Waals surface area contributed by atoms with Crippen LogP contribution in [0.15, 0.2) is 18.3 Å². The molecule has 3 rings (SSSR count). The topological polar surface area (TPSA) is 82.5 Å². The van der Waals surface area contributed by atoms with Crippen molar-refractivity contribution in [2.24, 2.45) is 5.92 Å². The number of hydrogen-bond acceptors (Lipinski definition) is 4. The lowest BCUT2D eigenvalue weighted by Gasteiger charge is -2.29. The van der Waals surface area contributed by atoms with Crippen LogP contribution in [0, 0.1) is 5.92 Å². The molecule has 8 heteroatoms. The molecule has 2 aliphatic rings. The predicted molar refractivity (Wildman–Crippen MR) is 77.9 cm³/mol. The fourth-order valence-electron chi connectivity index (χ4n) is 3.30. The van der Waals surface area contributed by atoms with E-state index in [2.05, 4.69) is 10.3 Å². The summed E-state index contributed by atoms with van der Waals surface area (Å²) < 4.78 is 37.8. The molecule has 24 heavy (non-hydrogen) atoms. The van der Waals surface area contributed by atoms with E-state index in [0.29, 0.717) is 5.56 Å². The zero-order chi connectivity index (χ0) is 17.5. The van der Waals surface area contributed by atoms with E-state index in [9.17, 15) is 28.2 Å². The van der Waals surface area contributed by atoms with Gasteiger partial charge in [-0.05, 0) is 30.9 Å². The molecule has 1 aromatic rings. The minimum atomic E-state index is -4.52. The van der Waals surface area contributed by atoms with Crippen LogP contribution in [0.5, 0.6) is 0 Å². The molecular weight excluding hydrogens is 325 g/mol. The highest BCUT2D eigenvalue weighted by atomic mass is 19.4. The first-order chi connectivity index (χ1) is 11.3. The summed E-state index contributed by atoms with van der Waals surface area (Å²) in [5, 5.41) is 22.8. The third kappa shape index (κ3) is 3.25. The largest absolute Gasteiger partial charge is 0.433 e. The highest BCUT2D eigenvalue weighted by molar-refractivity contribution is 5.80. The van der Waals surface area contributed by atoms with Crippen molar-refractivity contribution in [2.45, 2.75) is 56.0 Å². The number of carbonyl (C=O) groups excluding carboxylic acids is 1. The summed E-state index contributed by atoms with van der Waals surface area (Å²) in [6, 6.07) is 1.43. The second-order valence-electron chi connectivity index (χ2n) is 6.54. The van der Waals surface area contributed by atoms with Crippen molar-refractivity contribution in [1.29, 1.82) is 0 Å². The van der Waals surface area contributed by atoms with E-state index in [-0.39, 0.29) is 18.2 Å². The molecule has 5 nitrogen and oxygen atoms in total. The molecule has 2 saturated carbocycles. The van der Waals surface area contributed by atoms with Gasteiger partial charge in [-0.25, -0.2) is 0 Å². The first-order valence-electron chi connectivity index (χ1n) is 7.97. The van der Waals surface area contributed by atoms with Crippen LogP contribution >= 0.6 is 0 Å². The van der Waals surface area contributed by atoms with E-state index in [1.165, 1.54) is 6.07 Å². The van der Waals surface area contributed by atoms with Crippen molar-refractivity contribution in [2.75, 3.05) is 0 Å². The number of hydrogen-bond donors (Lipinski definition) is 3. The summed E-state index contributed by atoms with van der Waals surface area (Å²) in [6.07, 6.45) is -2.88. The molecule has 1 aromatic heterocycles. The van der Waals surface area contributed by atoms with Crippen LogP contribution in [0.25, 0.3) is 0 Å². The average Bonchev–Trinajstić information content (AvgIpc) is 2.73. The van der Waals surface area contributed by atoms with Gasteiger partial charge >= 0.3 is 6.18 Å². The van der Waals surface area contributed by atoms with Crippen LogP contribution in [0.4, 0.5) is 13.2 Å². The van der Waals surface area contributed by atoms with Gasteiger partial charge in [0.15, 0.2) is 0 Å². The zero-order valence-electron chi connectivity index (χ0n) is 12.8. The number of carbonyl (C=O) groups is 1. The molecule has 132 valence electrons. The minimum absolute atomic E-state index is 0.0821. The summed E-state index contributed by atoms with van der Waals surface area (Å²) in [5.41, 5.74) is -0.544. The first kappa shape index (κ1) is 17.2. The molecule has 0 bridgehead atoms. The van der Waals surface area contributed by atoms with Gasteiger partial charge in [-0.2, -0.15) is 13.2 Å².